The van der Waals surface area contributed by atoms with Crippen molar-refractivity contribution in [2.45, 2.75) is 19.0 Å². The quantitative estimate of drug-likeness (QED) is 0.244. The number of methoxy groups -OCH3 is 1. The fraction of sp³-hybridized carbons (Fsp3) is 0.188. The van der Waals surface area contributed by atoms with Crippen LogP contribution in [0.2, 0.25) is 5.02 Å². The molecular weight excluding hydrogens is 512 g/mol. The summed E-state index contributed by atoms with van der Waals surface area (Å²) in [6.07, 6.45) is 0.677. The van der Waals surface area contributed by atoms with Gasteiger partial charge in [0.2, 0.25) is 5.91 Å². The first-order valence-electron chi connectivity index (χ1n) is 12.7. The van der Waals surface area contributed by atoms with E-state index < -0.39 is 6.04 Å². The summed E-state index contributed by atoms with van der Waals surface area (Å²) in [6.45, 7) is 0.355. The van der Waals surface area contributed by atoms with Crippen molar-refractivity contribution < 1.29 is 19.1 Å². The Morgan fingerprint density at radius 1 is 0.821 bits per heavy atom. The molecule has 6 nitrogen and oxygen atoms in total. The molecule has 1 N–H and O–H groups in total. The predicted octanol–water partition coefficient (Wildman–Crippen LogP) is 5.86. The van der Waals surface area contributed by atoms with Gasteiger partial charge in [0.25, 0.3) is 5.91 Å². The Labute approximate surface area is 234 Å². The zero-order valence-electron chi connectivity index (χ0n) is 21.8. The molecule has 4 aromatic carbocycles. The standard InChI is InChI=1S/C32H31ClN2O4/c1-38-27-18-16-25(17-19-27)22-35(30(36)23-39-29-15-9-8-14-28(29)33)31(26-12-6-3-7-13-26)32(37)34-21-20-24-10-4-2-5-11-24/h2-19,31H,20-23H2,1H3,(H,34,37). The van der Waals surface area contributed by atoms with Gasteiger partial charge in [-0.1, -0.05) is 96.5 Å². The number of ether oxygens (including phenoxy) is 2. The molecule has 4 aromatic rings. The second kappa shape index (κ2) is 14.0. The Balaban J connectivity index is 1.60. The molecule has 0 fully saturated rings. The van der Waals surface area contributed by atoms with Gasteiger partial charge in [-0.3, -0.25) is 9.59 Å². The average molecular weight is 543 g/mol. The Kier molecular flexibility index (Phi) is 9.98. The highest BCUT2D eigenvalue weighted by atomic mass is 35.5. The van der Waals surface area contributed by atoms with Crippen molar-refractivity contribution in [1.29, 1.82) is 0 Å². The topological polar surface area (TPSA) is 67.9 Å². The number of rotatable bonds is 12. The zero-order chi connectivity index (χ0) is 27.5. The second-order valence-corrected chi connectivity index (χ2v) is 9.34. The Bertz CT molecular complexity index is 1350. The van der Waals surface area contributed by atoms with Crippen LogP contribution in [0.15, 0.2) is 109 Å². The summed E-state index contributed by atoms with van der Waals surface area (Å²) < 4.78 is 11.1. The van der Waals surface area contributed by atoms with Gasteiger partial charge < -0.3 is 19.7 Å². The molecule has 0 bridgehead atoms. The van der Waals surface area contributed by atoms with E-state index in [1.165, 1.54) is 0 Å². The lowest BCUT2D eigenvalue weighted by atomic mass is 10.0. The highest BCUT2D eigenvalue weighted by Crippen LogP contribution is 2.27. The maximum Gasteiger partial charge on any atom is 0.261 e. The number of carbonyl (C=O) groups is 2. The number of carbonyl (C=O) groups excluding carboxylic acids is 2. The second-order valence-electron chi connectivity index (χ2n) is 8.93. The van der Waals surface area contributed by atoms with Gasteiger partial charge in [-0.25, -0.2) is 0 Å². The SMILES string of the molecule is COc1ccc(CN(C(=O)COc2ccccc2Cl)C(C(=O)NCCc2ccccc2)c2ccccc2)cc1. The van der Waals surface area contributed by atoms with E-state index in [4.69, 9.17) is 21.1 Å². The first kappa shape index (κ1) is 27.7. The normalized spacial score (nSPS) is 11.3. The number of benzene rings is 4. The summed E-state index contributed by atoms with van der Waals surface area (Å²) in [5.41, 5.74) is 2.67. The molecule has 2 amide bonds. The van der Waals surface area contributed by atoms with Crippen molar-refractivity contribution in [2.75, 3.05) is 20.3 Å². The van der Waals surface area contributed by atoms with Crippen LogP contribution in [-0.4, -0.2) is 37.0 Å². The Hall–Kier alpha value is -4.29. The number of nitrogens with one attached hydrogen (secondary N) is 1. The third-order valence-electron chi connectivity index (χ3n) is 6.25. The first-order valence-corrected chi connectivity index (χ1v) is 13.1. The minimum absolute atomic E-state index is 0.195. The minimum Gasteiger partial charge on any atom is -0.497 e. The summed E-state index contributed by atoms with van der Waals surface area (Å²) in [7, 11) is 1.60. The molecule has 200 valence electrons. The van der Waals surface area contributed by atoms with Crippen LogP contribution in [0, 0.1) is 0 Å². The number of nitrogens with zero attached hydrogens (tertiary/aromatic N) is 1. The van der Waals surface area contributed by atoms with E-state index in [0.717, 1.165) is 11.1 Å². The van der Waals surface area contributed by atoms with E-state index >= 15 is 0 Å². The molecule has 0 aliphatic carbocycles. The minimum atomic E-state index is -0.869. The van der Waals surface area contributed by atoms with Crippen LogP contribution in [0.3, 0.4) is 0 Å². The number of amides is 2. The number of hydrogen-bond donors (Lipinski definition) is 1. The van der Waals surface area contributed by atoms with Crippen LogP contribution in [0.4, 0.5) is 0 Å². The van der Waals surface area contributed by atoms with Gasteiger partial charge in [0.15, 0.2) is 6.61 Å². The number of para-hydroxylation sites is 1. The number of halogens is 1. The summed E-state index contributed by atoms with van der Waals surface area (Å²) >= 11 is 6.24. The fourth-order valence-corrected chi connectivity index (χ4v) is 4.41. The van der Waals surface area contributed by atoms with Crippen molar-refractivity contribution in [2.24, 2.45) is 0 Å². The Morgan fingerprint density at radius 2 is 1.46 bits per heavy atom. The van der Waals surface area contributed by atoms with Crippen LogP contribution in [-0.2, 0) is 22.6 Å². The van der Waals surface area contributed by atoms with E-state index in [1.54, 1.807) is 36.3 Å². The van der Waals surface area contributed by atoms with Crippen LogP contribution in [0.1, 0.15) is 22.7 Å². The highest BCUT2D eigenvalue weighted by molar-refractivity contribution is 6.32. The van der Waals surface area contributed by atoms with Gasteiger partial charge in [-0.2, -0.15) is 0 Å². The van der Waals surface area contributed by atoms with Gasteiger partial charge in [-0.05, 0) is 47.4 Å². The van der Waals surface area contributed by atoms with Crippen molar-refractivity contribution in [1.82, 2.24) is 10.2 Å². The molecule has 0 saturated carbocycles. The zero-order valence-corrected chi connectivity index (χ0v) is 22.5. The van der Waals surface area contributed by atoms with E-state index in [9.17, 15) is 9.59 Å². The van der Waals surface area contributed by atoms with Crippen LogP contribution in [0.5, 0.6) is 11.5 Å². The molecule has 4 rings (SSSR count). The lowest BCUT2D eigenvalue weighted by Crippen LogP contribution is -2.45. The lowest BCUT2D eigenvalue weighted by Gasteiger charge is -2.31. The monoisotopic (exact) mass is 542 g/mol. The van der Waals surface area contributed by atoms with E-state index in [2.05, 4.69) is 5.32 Å². The average Bonchev–Trinajstić information content (AvgIpc) is 2.98. The van der Waals surface area contributed by atoms with Gasteiger partial charge in [-0.15, -0.1) is 0 Å². The molecule has 0 heterocycles. The summed E-state index contributed by atoms with van der Waals surface area (Å²) in [5, 5.41) is 3.44. The molecule has 0 spiro atoms. The largest absolute Gasteiger partial charge is 0.497 e. The van der Waals surface area contributed by atoms with Crippen molar-refractivity contribution >= 4 is 23.4 Å². The maximum atomic E-state index is 13.7. The van der Waals surface area contributed by atoms with E-state index in [1.807, 2.05) is 84.9 Å². The molecule has 0 saturated heterocycles. The van der Waals surface area contributed by atoms with Crippen LogP contribution < -0.4 is 14.8 Å². The third-order valence-corrected chi connectivity index (χ3v) is 6.56. The van der Waals surface area contributed by atoms with Crippen LogP contribution >= 0.6 is 11.6 Å². The molecule has 0 radical (unpaired) electrons. The van der Waals surface area contributed by atoms with Gasteiger partial charge in [0.05, 0.1) is 12.1 Å². The van der Waals surface area contributed by atoms with E-state index in [-0.39, 0.29) is 25.0 Å². The third kappa shape index (κ3) is 7.85. The Morgan fingerprint density at radius 3 is 2.13 bits per heavy atom. The fourth-order valence-electron chi connectivity index (χ4n) is 4.21. The van der Waals surface area contributed by atoms with Gasteiger partial charge in [0.1, 0.15) is 17.5 Å². The van der Waals surface area contributed by atoms with E-state index in [0.29, 0.717) is 35.1 Å². The number of hydrogen-bond acceptors (Lipinski definition) is 4. The van der Waals surface area contributed by atoms with Crippen LogP contribution in [0.25, 0.3) is 0 Å². The van der Waals surface area contributed by atoms with Crippen molar-refractivity contribution in [3.8, 4) is 11.5 Å². The maximum absolute atomic E-state index is 13.7. The molecule has 1 unspecified atom stereocenters. The summed E-state index contributed by atoms with van der Waals surface area (Å²) in [5.74, 6) is 0.493. The van der Waals surface area contributed by atoms with Gasteiger partial charge >= 0.3 is 0 Å². The van der Waals surface area contributed by atoms with Crippen molar-refractivity contribution in [3.05, 3.63) is 131 Å². The lowest BCUT2D eigenvalue weighted by molar-refractivity contribution is -0.143. The first-order chi connectivity index (χ1) is 19.0. The molecule has 39 heavy (non-hydrogen) atoms. The highest BCUT2D eigenvalue weighted by Gasteiger charge is 2.31. The predicted molar refractivity (Wildman–Crippen MR) is 153 cm³/mol. The van der Waals surface area contributed by atoms with Gasteiger partial charge in [0, 0.05) is 13.1 Å². The summed E-state index contributed by atoms with van der Waals surface area (Å²) in [6, 6.07) is 32.8. The molecule has 0 aliphatic rings. The van der Waals surface area contributed by atoms with Crippen molar-refractivity contribution in [3.63, 3.8) is 0 Å². The molecule has 1 atom stereocenters. The smallest absolute Gasteiger partial charge is 0.261 e. The summed E-state index contributed by atoms with van der Waals surface area (Å²) in [4.78, 5) is 29.0. The molecule has 0 aromatic heterocycles. The molecular formula is C32H31ClN2O4. The molecule has 0 aliphatic heterocycles. The molecule has 7 heteroatoms.